The van der Waals surface area contributed by atoms with Gasteiger partial charge in [-0.1, -0.05) is 0 Å². The first kappa shape index (κ1) is 14.5. The fourth-order valence-corrected chi connectivity index (χ4v) is 2.43. The van der Waals surface area contributed by atoms with Gasteiger partial charge in [-0.3, -0.25) is 4.40 Å². The Morgan fingerprint density at radius 2 is 2.00 bits per heavy atom. The van der Waals surface area contributed by atoms with Gasteiger partial charge in [-0.05, 0) is 38.1 Å². The van der Waals surface area contributed by atoms with Crippen molar-refractivity contribution in [1.29, 1.82) is 0 Å². The van der Waals surface area contributed by atoms with Crippen molar-refractivity contribution in [3.8, 4) is 23.0 Å². The number of aromatic nitrogens is 5. The van der Waals surface area contributed by atoms with E-state index in [0.717, 1.165) is 5.69 Å². The number of hydrogen-bond donors (Lipinski definition) is 1. The van der Waals surface area contributed by atoms with E-state index in [0.29, 0.717) is 28.8 Å². The van der Waals surface area contributed by atoms with Gasteiger partial charge in [0.2, 0.25) is 5.78 Å². The van der Waals surface area contributed by atoms with Crippen LogP contribution in [0.1, 0.15) is 19.5 Å². The summed E-state index contributed by atoms with van der Waals surface area (Å²) in [4.78, 5) is 17.5. The summed E-state index contributed by atoms with van der Waals surface area (Å²) in [6.07, 6.45) is 6.79. The predicted octanol–water partition coefficient (Wildman–Crippen LogP) is 2.67. The third-order valence-corrected chi connectivity index (χ3v) is 3.67. The lowest BCUT2D eigenvalue weighted by molar-refractivity contribution is 0.0739. The quantitative estimate of drug-likeness (QED) is 0.624. The van der Waals surface area contributed by atoms with Crippen molar-refractivity contribution in [2.24, 2.45) is 0 Å². The van der Waals surface area contributed by atoms with E-state index in [-0.39, 0.29) is 0 Å². The molecule has 24 heavy (non-hydrogen) atoms. The van der Waals surface area contributed by atoms with Crippen molar-refractivity contribution < 1.29 is 9.52 Å². The molecule has 0 aromatic carbocycles. The minimum atomic E-state index is -1.02. The monoisotopic (exact) mass is 321 g/mol. The fourth-order valence-electron chi connectivity index (χ4n) is 2.43. The number of rotatable bonds is 3. The molecule has 0 aliphatic carbocycles. The van der Waals surface area contributed by atoms with Crippen LogP contribution in [0.2, 0.25) is 0 Å². The highest BCUT2D eigenvalue weighted by Gasteiger charge is 2.19. The van der Waals surface area contributed by atoms with Crippen molar-refractivity contribution in [2.75, 3.05) is 0 Å². The molecular formula is C17H15N5O2. The molecule has 1 N–H and O–H groups in total. The maximum atomic E-state index is 10.1. The summed E-state index contributed by atoms with van der Waals surface area (Å²) in [5.41, 5.74) is 1.04. The maximum absolute atomic E-state index is 10.1. The second kappa shape index (κ2) is 5.24. The zero-order valence-electron chi connectivity index (χ0n) is 13.2. The summed E-state index contributed by atoms with van der Waals surface area (Å²) in [6, 6.07) is 7.18. The molecule has 0 spiro atoms. The van der Waals surface area contributed by atoms with Gasteiger partial charge in [-0.25, -0.2) is 19.9 Å². The van der Waals surface area contributed by atoms with Crippen LogP contribution in [0.15, 0.2) is 53.5 Å². The number of furan rings is 1. The average molecular weight is 321 g/mol. The van der Waals surface area contributed by atoms with E-state index in [2.05, 4.69) is 19.9 Å². The molecular weight excluding hydrogens is 306 g/mol. The number of nitrogens with zero attached hydrogens (tertiary/aromatic N) is 5. The van der Waals surface area contributed by atoms with Gasteiger partial charge in [-0.15, -0.1) is 0 Å². The fraction of sp³-hybridized carbons (Fsp3) is 0.176. The van der Waals surface area contributed by atoms with E-state index >= 15 is 0 Å². The molecule has 0 saturated carbocycles. The van der Waals surface area contributed by atoms with Crippen LogP contribution < -0.4 is 0 Å². The first-order chi connectivity index (χ1) is 11.5. The second-order valence-electron chi connectivity index (χ2n) is 5.93. The van der Waals surface area contributed by atoms with Gasteiger partial charge in [0.05, 0.1) is 29.5 Å². The molecule has 4 aromatic rings. The Bertz CT molecular complexity index is 999. The Labute approximate surface area is 137 Å². The van der Waals surface area contributed by atoms with Gasteiger partial charge in [0.25, 0.3) is 0 Å². The molecule has 120 valence electrons. The minimum absolute atomic E-state index is 0.503. The predicted molar refractivity (Wildman–Crippen MR) is 87.0 cm³/mol. The van der Waals surface area contributed by atoms with Crippen molar-refractivity contribution in [3.63, 3.8) is 0 Å². The van der Waals surface area contributed by atoms with Crippen LogP contribution in [0.4, 0.5) is 0 Å². The zero-order valence-corrected chi connectivity index (χ0v) is 13.2. The summed E-state index contributed by atoms with van der Waals surface area (Å²) in [7, 11) is 0. The molecule has 0 aliphatic rings. The summed E-state index contributed by atoms with van der Waals surface area (Å²) in [5.74, 6) is 1.62. The van der Waals surface area contributed by atoms with Crippen LogP contribution in [-0.2, 0) is 5.60 Å². The molecule has 0 bridgehead atoms. The minimum Gasteiger partial charge on any atom is -0.461 e. The van der Waals surface area contributed by atoms with Gasteiger partial charge in [0.1, 0.15) is 5.60 Å². The second-order valence-corrected chi connectivity index (χ2v) is 5.93. The van der Waals surface area contributed by atoms with Crippen LogP contribution in [0.3, 0.4) is 0 Å². The van der Waals surface area contributed by atoms with Crippen LogP contribution in [-0.4, -0.2) is 29.4 Å². The van der Waals surface area contributed by atoms with Crippen LogP contribution in [0, 0.1) is 0 Å². The Morgan fingerprint density at radius 3 is 2.75 bits per heavy atom. The summed E-state index contributed by atoms with van der Waals surface area (Å²) < 4.78 is 7.17. The normalized spacial score (nSPS) is 12.0. The average Bonchev–Trinajstić information content (AvgIpc) is 3.23. The van der Waals surface area contributed by atoms with E-state index in [1.165, 1.54) is 0 Å². The topological polar surface area (TPSA) is 89.3 Å². The smallest absolute Gasteiger partial charge is 0.234 e. The van der Waals surface area contributed by atoms with Crippen LogP contribution in [0.5, 0.6) is 0 Å². The van der Waals surface area contributed by atoms with Crippen LogP contribution in [0.25, 0.3) is 28.8 Å². The lowest BCUT2D eigenvalue weighted by atomic mass is 10.1. The van der Waals surface area contributed by atoms with E-state index in [9.17, 15) is 5.11 Å². The lowest BCUT2D eigenvalue weighted by Gasteiger charge is -2.16. The van der Waals surface area contributed by atoms with E-state index in [1.807, 2.05) is 16.7 Å². The van der Waals surface area contributed by atoms with E-state index in [4.69, 9.17) is 4.42 Å². The van der Waals surface area contributed by atoms with Crippen molar-refractivity contribution >= 4 is 5.78 Å². The Hall–Kier alpha value is -3.06. The Kier molecular flexibility index (Phi) is 3.17. The summed E-state index contributed by atoms with van der Waals surface area (Å²) in [6.45, 7) is 3.38. The largest absolute Gasteiger partial charge is 0.461 e. The third-order valence-electron chi connectivity index (χ3n) is 3.67. The molecule has 4 heterocycles. The first-order valence-corrected chi connectivity index (χ1v) is 7.46. The van der Waals surface area contributed by atoms with Crippen LogP contribution >= 0.6 is 0 Å². The zero-order chi connectivity index (χ0) is 16.7. The number of imidazole rings is 1. The van der Waals surface area contributed by atoms with Crippen molar-refractivity contribution in [1.82, 2.24) is 24.3 Å². The molecule has 4 aromatic heterocycles. The molecule has 0 aliphatic heterocycles. The molecule has 0 radical (unpaired) electrons. The standard InChI is InChI=1S/C17H15N5O2/c1-17(2,23)14-6-8-22-12(10-19-16(22)21-14)11-5-7-18-15(20-11)13-4-3-9-24-13/h3-10,23H,1-2H3. The first-order valence-electron chi connectivity index (χ1n) is 7.46. The molecule has 0 unspecified atom stereocenters. The van der Waals surface area contributed by atoms with Gasteiger partial charge >= 0.3 is 0 Å². The molecule has 7 heteroatoms. The van der Waals surface area contributed by atoms with E-state index < -0.39 is 5.60 Å². The third kappa shape index (κ3) is 2.44. The summed E-state index contributed by atoms with van der Waals surface area (Å²) in [5, 5.41) is 10.1. The van der Waals surface area contributed by atoms with Gasteiger partial charge in [0, 0.05) is 12.4 Å². The van der Waals surface area contributed by atoms with E-state index in [1.54, 1.807) is 50.7 Å². The lowest BCUT2D eigenvalue weighted by Crippen LogP contribution is -2.18. The highest BCUT2D eigenvalue weighted by Crippen LogP contribution is 2.23. The molecule has 4 rings (SSSR count). The number of hydrogen-bond acceptors (Lipinski definition) is 6. The Morgan fingerprint density at radius 1 is 1.12 bits per heavy atom. The molecule has 0 fully saturated rings. The number of fused-ring (bicyclic) bond motifs is 1. The molecule has 0 atom stereocenters. The van der Waals surface area contributed by atoms with Crippen molar-refractivity contribution in [2.45, 2.75) is 19.4 Å². The van der Waals surface area contributed by atoms with Gasteiger partial charge < -0.3 is 9.52 Å². The molecule has 7 nitrogen and oxygen atoms in total. The molecule has 0 amide bonds. The summed E-state index contributed by atoms with van der Waals surface area (Å²) >= 11 is 0. The highest BCUT2D eigenvalue weighted by molar-refractivity contribution is 5.60. The number of aliphatic hydroxyl groups is 1. The maximum Gasteiger partial charge on any atom is 0.234 e. The van der Waals surface area contributed by atoms with Gasteiger partial charge in [0.15, 0.2) is 11.6 Å². The Balaban J connectivity index is 1.81. The van der Waals surface area contributed by atoms with Crippen molar-refractivity contribution in [3.05, 3.63) is 54.8 Å². The SMILES string of the molecule is CC(C)(O)c1ccn2c(-c3ccnc(-c4ccco4)n3)cnc2n1. The highest BCUT2D eigenvalue weighted by atomic mass is 16.3. The van der Waals surface area contributed by atoms with Gasteiger partial charge in [-0.2, -0.15) is 0 Å². The molecule has 0 saturated heterocycles.